The lowest BCUT2D eigenvalue weighted by Crippen LogP contribution is -2.65. The Kier molecular flexibility index (Phi) is 7.27. The number of benzene rings is 1. The minimum absolute atomic E-state index is 0.0334. The summed E-state index contributed by atoms with van der Waals surface area (Å²) < 4.78 is 18.6. The van der Waals surface area contributed by atoms with Crippen molar-refractivity contribution in [1.29, 1.82) is 0 Å². The van der Waals surface area contributed by atoms with Crippen LogP contribution in [-0.4, -0.2) is 49.0 Å². The van der Waals surface area contributed by atoms with Gasteiger partial charge in [0.05, 0.1) is 13.7 Å². The Morgan fingerprint density at radius 2 is 1.83 bits per heavy atom. The van der Waals surface area contributed by atoms with Crippen molar-refractivity contribution in [2.24, 2.45) is 11.3 Å². The van der Waals surface area contributed by atoms with Gasteiger partial charge in [0.15, 0.2) is 0 Å². The van der Waals surface area contributed by atoms with Crippen LogP contribution in [0.25, 0.3) is 0 Å². The van der Waals surface area contributed by atoms with Crippen LogP contribution in [0.5, 0.6) is 5.75 Å². The second kappa shape index (κ2) is 9.11. The molecule has 1 spiro atoms. The molecule has 2 aliphatic rings. The van der Waals surface area contributed by atoms with Crippen molar-refractivity contribution in [3.8, 4) is 5.75 Å². The lowest BCUT2D eigenvalue weighted by Gasteiger charge is -2.58. The van der Waals surface area contributed by atoms with E-state index in [0.717, 1.165) is 25.9 Å². The first-order valence-corrected chi connectivity index (χ1v) is 10.3. The Balaban J connectivity index is 0.00000145. The number of rotatable bonds is 5. The number of nitrogens with zero attached hydrogens (tertiary/aromatic N) is 1. The second-order valence-corrected chi connectivity index (χ2v) is 8.92. The van der Waals surface area contributed by atoms with Crippen molar-refractivity contribution in [1.82, 2.24) is 10.2 Å². The molecule has 0 aromatic heterocycles. The average Bonchev–Trinajstić information content (AvgIpc) is 2.55. The number of carbonyl (C=O) groups excluding carboxylic acids is 2. The van der Waals surface area contributed by atoms with Crippen molar-refractivity contribution < 1.29 is 18.7 Å². The summed E-state index contributed by atoms with van der Waals surface area (Å²) in [6, 6.07) is 4.16. The Morgan fingerprint density at radius 3 is 2.38 bits per heavy atom. The van der Waals surface area contributed by atoms with E-state index in [9.17, 15) is 14.0 Å². The standard InChI is InChI=1S/C20H28FN3O3.C2H6/c1-19(2,3)23-17(25)10-24-11-20(12-24)8-13(9-20)18(26)22-15-5-14(21)6-16(7-15)27-4;1-2/h5-7,13H,8-12H2,1-4H3,(H,22,26)(H,23,25);1-2H3. The Bertz CT molecular complexity index is 731. The van der Waals surface area contributed by atoms with Gasteiger partial charge in [-0.15, -0.1) is 0 Å². The zero-order valence-electron chi connectivity index (χ0n) is 18.4. The number of halogens is 1. The number of ether oxygens (including phenoxy) is 1. The number of hydrogen-bond donors (Lipinski definition) is 2. The van der Waals surface area contributed by atoms with Crippen LogP contribution in [0.1, 0.15) is 47.5 Å². The van der Waals surface area contributed by atoms with Crippen molar-refractivity contribution in [3.05, 3.63) is 24.0 Å². The van der Waals surface area contributed by atoms with Crippen LogP contribution in [-0.2, 0) is 9.59 Å². The third-order valence-corrected chi connectivity index (χ3v) is 5.10. The predicted molar refractivity (Wildman–Crippen MR) is 112 cm³/mol. The number of anilines is 1. The minimum Gasteiger partial charge on any atom is -0.497 e. The van der Waals surface area contributed by atoms with E-state index in [-0.39, 0.29) is 28.7 Å². The van der Waals surface area contributed by atoms with E-state index in [1.165, 1.54) is 19.2 Å². The topological polar surface area (TPSA) is 70.7 Å². The Hall–Kier alpha value is -2.15. The van der Waals surface area contributed by atoms with E-state index in [1.54, 1.807) is 6.07 Å². The number of amides is 2. The third-order valence-electron chi connectivity index (χ3n) is 5.10. The molecule has 1 saturated carbocycles. The maximum absolute atomic E-state index is 13.5. The summed E-state index contributed by atoms with van der Waals surface area (Å²) in [7, 11) is 1.46. The van der Waals surface area contributed by atoms with Gasteiger partial charge in [0.25, 0.3) is 0 Å². The number of methoxy groups -OCH3 is 1. The molecule has 0 bridgehead atoms. The molecule has 0 radical (unpaired) electrons. The number of likely N-dealkylation sites (tertiary alicyclic amines) is 1. The smallest absolute Gasteiger partial charge is 0.234 e. The molecule has 6 nitrogen and oxygen atoms in total. The van der Waals surface area contributed by atoms with Crippen molar-refractivity contribution in [2.75, 3.05) is 32.1 Å². The Morgan fingerprint density at radius 1 is 1.21 bits per heavy atom. The molecule has 3 rings (SSSR count). The SMILES string of the molecule is CC.COc1cc(F)cc(NC(=O)C2CC3(C2)CN(CC(=O)NC(C)(C)C)C3)c1. The highest BCUT2D eigenvalue weighted by Gasteiger charge is 2.54. The van der Waals surface area contributed by atoms with Gasteiger partial charge < -0.3 is 15.4 Å². The molecule has 1 aromatic carbocycles. The summed E-state index contributed by atoms with van der Waals surface area (Å²) >= 11 is 0. The lowest BCUT2D eigenvalue weighted by molar-refractivity contribution is -0.144. The van der Waals surface area contributed by atoms with Crippen LogP contribution >= 0.6 is 0 Å². The highest BCUT2D eigenvalue weighted by atomic mass is 19.1. The fraction of sp³-hybridized carbons (Fsp3) is 0.636. The number of hydrogen-bond acceptors (Lipinski definition) is 4. The van der Waals surface area contributed by atoms with Gasteiger partial charge in [0, 0.05) is 42.4 Å². The van der Waals surface area contributed by atoms with Crippen molar-refractivity contribution in [3.63, 3.8) is 0 Å². The molecule has 2 amide bonds. The zero-order chi connectivity index (χ0) is 21.8. The molecule has 1 aliphatic heterocycles. The van der Waals surface area contributed by atoms with Gasteiger partial charge in [-0.1, -0.05) is 13.8 Å². The van der Waals surface area contributed by atoms with E-state index in [4.69, 9.17) is 4.74 Å². The molecule has 1 aromatic rings. The van der Waals surface area contributed by atoms with Gasteiger partial charge in [0.2, 0.25) is 11.8 Å². The minimum atomic E-state index is -0.446. The molecule has 2 N–H and O–H groups in total. The van der Waals surface area contributed by atoms with Crippen LogP contribution in [0.2, 0.25) is 0 Å². The zero-order valence-corrected chi connectivity index (χ0v) is 18.4. The molecule has 1 saturated heterocycles. The van der Waals surface area contributed by atoms with Gasteiger partial charge >= 0.3 is 0 Å². The molecular formula is C22H34FN3O3. The van der Waals surface area contributed by atoms with Crippen LogP contribution in [0.15, 0.2) is 18.2 Å². The quantitative estimate of drug-likeness (QED) is 0.785. The van der Waals surface area contributed by atoms with Crippen LogP contribution in [0, 0.1) is 17.2 Å². The van der Waals surface area contributed by atoms with Gasteiger partial charge in [-0.3, -0.25) is 14.5 Å². The molecule has 0 atom stereocenters. The third kappa shape index (κ3) is 6.16. The number of nitrogens with one attached hydrogen (secondary N) is 2. The lowest BCUT2D eigenvalue weighted by atomic mass is 9.57. The van der Waals surface area contributed by atoms with Crippen molar-refractivity contribution >= 4 is 17.5 Å². The molecule has 0 unspecified atom stereocenters. The highest BCUT2D eigenvalue weighted by Crippen LogP contribution is 2.52. The van der Waals surface area contributed by atoms with Gasteiger partial charge in [-0.05, 0) is 45.1 Å². The molecule has 1 aliphatic carbocycles. The number of carbonyl (C=O) groups is 2. The van der Waals surface area contributed by atoms with Crippen LogP contribution in [0.4, 0.5) is 10.1 Å². The van der Waals surface area contributed by atoms with E-state index in [0.29, 0.717) is 18.0 Å². The first-order chi connectivity index (χ1) is 13.6. The maximum Gasteiger partial charge on any atom is 0.234 e. The summed E-state index contributed by atoms with van der Waals surface area (Å²) in [5, 5.41) is 5.74. The summed E-state index contributed by atoms with van der Waals surface area (Å²) in [4.78, 5) is 26.5. The maximum atomic E-state index is 13.5. The Labute approximate surface area is 173 Å². The van der Waals surface area contributed by atoms with Crippen LogP contribution in [0.3, 0.4) is 0 Å². The van der Waals surface area contributed by atoms with E-state index >= 15 is 0 Å². The van der Waals surface area contributed by atoms with Crippen molar-refractivity contribution in [2.45, 2.75) is 53.0 Å². The summed E-state index contributed by atoms with van der Waals surface area (Å²) in [6.07, 6.45) is 1.62. The fourth-order valence-electron chi connectivity index (χ4n) is 4.10. The molecule has 1 heterocycles. The average molecular weight is 408 g/mol. The second-order valence-electron chi connectivity index (χ2n) is 8.92. The molecular weight excluding hydrogens is 373 g/mol. The van der Waals surface area contributed by atoms with Gasteiger partial charge in [-0.2, -0.15) is 0 Å². The van der Waals surface area contributed by atoms with E-state index in [1.807, 2.05) is 34.6 Å². The summed E-state index contributed by atoms with van der Waals surface area (Å²) in [5.41, 5.74) is 0.342. The molecule has 2 fully saturated rings. The van der Waals surface area contributed by atoms with Gasteiger partial charge in [0.1, 0.15) is 11.6 Å². The first kappa shape index (κ1) is 23.1. The summed E-state index contributed by atoms with van der Waals surface area (Å²) in [5.74, 6) is -0.190. The molecule has 162 valence electrons. The first-order valence-electron chi connectivity index (χ1n) is 10.3. The normalized spacial score (nSPS) is 18.0. The van der Waals surface area contributed by atoms with Crippen LogP contribution < -0.4 is 15.4 Å². The monoisotopic (exact) mass is 407 g/mol. The molecule has 29 heavy (non-hydrogen) atoms. The molecule has 7 heteroatoms. The summed E-state index contributed by atoms with van der Waals surface area (Å²) in [6.45, 7) is 12.0. The van der Waals surface area contributed by atoms with Gasteiger partial charge in [-0.25, -0.2) is 4.39 Å². The fourth-order valence-corrected chi connectivity index (χ4v) is 4.10. The highest BCUT2D eigenvalue weighted by molar-refractivity contribution is 5.93. The van der Waals surface area contributed by atoms with E-state index < -0.39 is 5.82 Å². The predicted octanol–water partition coefficient (Wildman–Crippen LogP) is 3.43. The van der Waals surface area contributed by atoms with E-state index in [2.05, 4.69) is 15.5 Å². The largest absolute Gasteiger partial charge is 0.497 e.